The van der Waals surface area contributed by atoms with Crippen molar-refractivity contribution in [2.75, 3.05) is 0 Å². The Balaban J connectivity index is 2.75. The summed E-state index contributed by atoms with van der Waals surface area (Å²) in [5.74, 6) is 1.61. The zero-order chi connectivity index (χ0) is 31.9. The molecule has 4 unspecified atom stereocenters. The second-order valence-electron chi connectivity index (χ2n) is 13.4. The third-order valence-electron chi connectivity index (χ3n) is 9.66. The van der Waals surface area contributed by atoms with Gasteiger partial charge in [-0.15, -0.1) is 0 Å². The lowest BCUT2D eigenvalue weighted by molar-refractivity contribution is 0.104. The molecule has 2 aromatic rings. The van der Waals surface area contributed by atoms with E-state index < -0.39 is 0 Å². The molecule has 0 radical (unpaired) electrons. The fourth-order valence-corrected chi connectivity index (χ4v) is 6.67. The largest absolute Gasteiger partial charge is 0.507 e. The normalized spacial score (nSPS) is 14.6. The number of phenols is 1. The van der Waals surface area contributed by atoms with Gasteiger partial charge in [0.1, 0.15) is 5.75 Å². The maximum absolute atomic E-state index is 14.3. The van der Waals surface area contributed by atoms with Gasteiger partial charge in [-0.3, -0.25) is 4.79 Å². The second-order valence-corrected chi connectivity index (χ2v) is 13.4. The summed E-state index contributed by atoms with van der Waals surface area (Å²) in [6.45, 7) is 20.2. The van der Waals surface area contributed by atoms with E-state index in [0.717, 1.165) is 92.9 Å². The molecule has 0 bridgehead atoms. The lowest BCUT2D eigenvalue weighted by Crippen LogP contribution is -2.14. The standard InChI is InChI=1S/C41H64O2/c1-10-15-19-29(6)35-25-23-33(14-5)27-34(35)24-26-38(42)37-28-36(30(7)20-16-11-2)41(43)40(32(9)22-18-13-4)39(37)31(8)21-17-12-3/h23-32,43H,10-22H2,1-9H3/b26-24+. The van der Waals surface area contributed by atoms with Crippen LogP contribution in [0.4, 0.5) is 0 Å². The minimum Gasteiger partial charge on any atom is -0.507 e. The first-order valence-electron chi connectivity index (χ1n) is 17.9. The van der Waals surface area contributed by atoms with Gasteiger partial charge in [0, 0.05) is 11.1 Å². The van der Waals surface area contributed by atoms with E-state index in [2.05, 4.69) is 92.7 Å². The molecule has 0 aliphatic carbocycles. The van der Waals surface area contributed by atoms with E-state index in [9.17, 15) is 9.90 Å². The number of aryl methyl sites for hydroxylation is 1. The Labute approximate surface area is 265 Å². The Kier molecular flexibility index (Phi) is 16.4. The van der Waals surface area contributed by atoms with Crippen LogP contribution in [0.15, 0.2) is 30.3 Å². The van der Waals surface area contributed by atoms with Gasteiger partial charge < -0.3 is 5.11 Å². The molecule has 2 rings (SSSR count). The minimum atomic E-state index is 0.0697. The number of unbranched alkanes of at least 4 members (excludes halogenated alkanes) is 4. The van der Waals surface area contributed by atoms with Gasteiger partial charge in [-0.05, 0) is 95.7 Å². The van der Waals surface area contributed by atoms with Crippen molar-refractivity contribution in [3.8, 4) is 5.75 Å². The van der Waals surface area contributed by atoms with Crippen LogP contribution < -0.4 is 0 Å². The van der Waals surface area contributed by atoms with E-state index in [1.807, 2.05) is 6.08 Å². The van der Waals surface area contributed by atoms with Crippen LogP contribution in [0.1, 0.15) is 207 Å². The van der Waals surface area contributed by atoms with Crippen LogP contribution in [0.25, 0.3) is 6.08 Å². The minimum absolute atomic E-state index is 0.0697. The van der Waals surface area contributed by atoms with Gasteiger partial charge in [0.2, 0.25) is 0 Å². The third kappa shape index (κ3) is 10.4. The number of benzene rings is 2. The lowest BCUT2D eigenvalue weighted by atomic mass is 9.77. The number of hydrogen-bond donors (Lipinski definition) is 1. The quantitative estimate of drug-likeness (QED) is 0.123. The molecule has 0 aromatic heterocycles. The van der Waals surface area contributed by atoms with E-state index in [-0.39, 0.29) is 23.5 Å². The first-order chi connectivity index (χ1) is 20.6. The van der Waals surface area contributed by atoms with Crippen molar-refractivity contribution in [1.29, 1.82) is 0 Å². The predicted molar refractivity (Wildman–Crippen MR) is 189 cm³/mol. The van der Waals surface area contributed by atoms with Crippen molar-refractivity contribution < 1.29 is 9.90 Å². The van der Waals surface area contributed by atoms with Crippen molar-refractivity contribution >= 4 is 11.9 Å². The lowest BCUT2D eigenvalue weighted by Gasteiger charge is -2.28. The van der Waals surface area contributed by atoms with Crippen molar-refractivity contribution in [3.63, 3.8) is 0 Å². The first kappa shape index (κ1) is 36.8. The number of rotatable bonds is 20. The van der Waals surface area contributed by atoms with Gasteiger partial charge in [-0.25, -0.2) is 0 Å². The molecule has 0 saturated heterocycles. The highest BCUT2D eigenvalue weighted by Crippen LogP contribution is 2.45. The number of carbonyl (C=O) groups excluding carboxylic acids is 1. The highest BCUT2D eigenvalue weighted by Gasteiger charge is 2.28. The summed E-state index contributed by atoms with van der Waals surface area (Å²) in [5, 5.41) is 11.9. The Bertz CT molecular complexity index is 1160. The molecule has 0 amide bonds. The molecule has 0 heterocycles. The van der Waals surface area contributed by atoms with Crippen molar-refractivity contribution in [1.82, 2.24) is 0 Å². The summed E-state index contributed by atoms with van der Waals surface area (Å²) in [6.07, 6.45) is 18.2. The average molecular weight is 589 g/mol. The zero-order valence-electron chi connectivity index (χ0n) is 29.3. The molecular formula is C41H64O2. The summed E-state index contributed by atoms with van der Waals surface area (Å²) in [7, 11) is 0. The molecule has 0 aliphatic rings. The topological polar surface area (TPSA) is 37.3 Å². The van der Waals surface area contributed by atoms with Crippen molar-refractivity contribution in [2.24, 2.45) is 0 Å². The molecule has 2 nitrogen and oxygen atoms in total. The second kappa shape index (κ2) is 19.1. The summed E-state index contributed by atoms with van der Waals surface area (Å²) in [4.78, 5) is 14.3. The SMILES string of the molecule is CCCCC(C)c1ccc(CC)cc1/C=C/C(=O)c1cc(C(C)CCCC)c(O)c(C(C)CCCC)c1C(C)CCCC. The summed E-state index contributed by atoms with van der Waals surface area (Å²) in [5.41, 5.74) is 7.70. The van der Waals surface area contributed by atoms with E-state index >= 15 is 0 Å². The molecule has 0 fully saturated rings. The fourth-order valence-electron chi connectivity index (χ4n) is 6.67. The van der Waals surface area contributed by atoms with Gasteiger partial charge in [0.15, 0.2) is 5.78 Å². The molecule has 2 heteroatoms. The van der Waals surface area contributed by atoms with Gasteiger partial charge in [0.05, 0.1) is 0 Å². The van der Waals surface area contributed by atoms with Crippen LogP contribution >= 0.6 is 0 Å². The van der Waals surface area contributed by atoms with Crippen LogP contribution in [0.3, 0.4) is 0 Å². The highest BCUT2D eigenvalue weighted by atomic mass is 16.3. The number of phenolic OH excluding ortho intramolecular Hbond substituents is 1. The number of ketones is 1. The maximum Gasteiger partial charge on any atom is 0.186 e. The van der Waals surface area contributed by atoms with Crippen molar-refractivity contribution in [2.45, 2.75) is 169 Å². The number of carbonyl (C=O) groups is 1. The molecule has 240 valence electrons. The Morgan fingerprint density at radius 3 is 1.67 bits per heavy atom. The van der Waals surface area contributed by atoms with Gasteiger partial charge >= 0.3 is 0 Å². The Hall–Kier alpha value is -2.35. The average Bonchev–Trinajstić information content (AvgIpc) is 3.01. The number of hydrogen-bond acceptors (Lipinski definition) is 2. The molecule has 1 N–H and O–H groups in total. The van der Waals surface area contributed by atoms with E-state index in [4.69, 9.17) is 0 Å². The summed E-state index contributed by atoms with van der Waals surface area (Å²) in [6, 6.07) is 8.88. The van der Waals surface area contributed by atoms with E-state index in [1.54, 1.807) is 0 Å². The monoisotopic (exact) mass is 588 g/mol. The fraction of sp³-hybridized carbons (Fsp3) is 0.634. The van der Waals surface area contributed by atoms with Crippen LogP contribution in [0, 0.1) is 0 Å². The first-order valence-corrected chi connectivity index (χ1v) is 17.9. The van der Waals surface area contributed by atoms with Crippen LogP contribution in [0.5, 0.6) is 5.75 Å². The predicted octanol–water partition coefficient (Wildman–Crippen LogP) is 13.0. The molecule has 0 spiro atoms. The Morgan fingerprint density at radius 1 is 0.674 bits per heavy atom. The van der Waals surface area contributed by atoms with Crippen LogP contribution in [-0.4, -0.2) is 10.9 Å². The smallest absolute Gasteiger partial charge is 0.186 e. The highest BCUT2D eigenvalue weighted by molar-refractivity contribution is 6.08. The van der Waals surface area contributed by atoms with Gasteiger partial charge in [-0.2, -0.15) is 0 Å². The van der Waals surface area contributed by atoms with Gasteiger partial charge in [-0.1, -0.05) is 138 Å². The number of allylic oxidation sites excluding steroid dienone is 1. The molecule has 0 aliphatic heterocycles. The zero-order valence-corrected chi connectivity index (χ0v) is 29.3. The summed E-state index contributed by atoms with van der Waals surface area (Å²) >= 11 is 0. The van der Waals surface area contributed by atoms with E-state index in [0.29, 0.717) is 11.7 Å². The maximum atomic E-state index is 14.3. The van der Waals surface area contributed by atoms with Crippen LogP contribution in [-0.2, 0) is 6.42 Å². The van der Waals surface area contributed by atoms with Crippen molar-refractivity contribution in [3.05, 3.63) is 69.3 Å². The summed E-state index contributed by atoms with van der Waals surface area (Å²) < 4.78 is 0. The van der Waals surface area contributed by atoms with Crippen LogP contribution in [0.2, 0.25) is 0 Å². The molecule has 0 saturated carbocycles. The Morgan fingerprint density at radius 2 is 1.16 bits per heavy atom. The van der Waals surface area contributed by atoms with E-state index in [1.165, 1.54) is 29.5 Å². The van der Waals surface area contributed by atoms with Gasteiger partial charge in [0.25, 0.3) is 0 Å². The number of aromatic hydroxyl groups is 1. The molecule has 2 aromatic carbocycles. The molecule has 4 atom stereocenters. The molecule has 43 heavy (non-hydrogen) atoms. The molecular weight excluding hydrogens is 524 g/mol. The third-order valence-corrected chi connectivity index (χ3v) is 9.66.